The first-order valence-electron chi connectivity index (χ1n) is 5.68. The fraction of sp³-hybridized carbons (Fsp3) is 0.417. The Morgan fingerprint density at radius 2 is 2.38 bits per heavy atom. The van der Waals surface area contributed by atoms with E-state index in [1.165, 1.54) is 0 Å². The van der Waals surface area contributed by atoms with Crippen LogP contribution in [0.2, 0.25) is 0 Å². The number of hydrogen-bond donors (Lipinski definition) is 3. The summed E-state index contributed by atoms with van der Waals surface area (Å²) in [5, 5.41) is 3.38. The highest BCUT2D eigenvalue weighted by molar-refractivity contribution is 5.78. The summed E-state index contributed by atoms with van der Waals surface area (Å²) in [6, 6.07) is 6.43. The molecule has 4 heteroatoms. The lowest BCUT2D eigenvalue weighted by atomic mass is 10.2. The van der Waals surface area contributed by atoms with E-state index in [2.05, 4.69) is 27.4 Å². The number of benzene rings is 1. The Labute approximate surface area is 95.3 Å². The third-order valence-corrected chi connectivity index (χ3v) is 2.59. The number of fused-ring (bicyclic) bond motifs is 1. The molecule has 16 heavy (non-hydrogen) atoms. The molecular formula is C12H18N4. The number of hydrogen-bond acceptors (Lipinski definition) is 3. The predicted molar refractivity (Wildman–Crippen MR) is 67.5 cm³/mol. The molecule has 0 aliphatic carbocycles. The average Bonchev–Trinajstić information content (AvgIpc) is 2.71. The largest absolute Gasteiger partial charge is 0.385 e. The number of aromatic amines is 1. The molecule has 4 nitrogen and oxygen atoms in total. The smallest absolute Gasteiger partial charge is 0.0931 e. The Morgan fingerprint density at radius 3 is 3.19 bits per heavy atom. The molecule has 1 aromatic carbocycles. The minimum atomic E-state index is 0.289. The average molecular weight is 218 g/mol. The zero-order valence-electron chi connectivity index (χ0n) is 9.53. The van der Waals surface area contributed by atoms with Crippen LogP contribution in [0, 0.1) is 0 Å². The van der Waals surface area contributed by atoms with Crippen LogP contribution >= 0.6 is 0 Å². The van der Waals surface area contributed by atoms with Gasteiger partial charge in [0.2, 0.25) is 0 Å². The topological polar surface area (TPSA) is 66.7 Å². The normalized spacial score (nSPS) is 12.9. The second-order valence-electron chi connectivity index (χ2n) is 4.18. The van der Waals surface area contributed by atoms with Crippen LogP contribution in [0.1, 0.15) is 19.8 Å². The lowest BCUT2D eigenvalue weighted by molar-refractivity contribution is 0.639. The number of nitrogens with one attached hydrogen (secondary N) is 2. The first-order valence-corrected chi connectivity index (χ1v) is 5.68. The van der Waals surface area contributed by atoms with Gasteiger partial charge in [-0.2, -0.15) is 0 Å². The lowest BCUT2D eigenvalue weighted by Gasteiger charge is -2.07. The Balaban J connectivity index is 1.89. The van der Waals surface area contributed by atoms with Gasteiger partial charge in [0.1, 0.15) is 0 Å². The molecule has 1 heterocycles. The van der Waals surface area contributed by atoms with Crippen LogP contribution in [0.3, 0.4) is 0 Å². The molecule has 2 rings (SSSR count). The predicted octanol–water partition coefficient (Wildman–Crippen LogP) is 2.10. The zero-order chi connectivity index (χ0) is 11.4. The molecule has 2 aromatic rings. The van der Waals surface area contributed by atoms with Gasteiger partial charge in [0.05, 0.1) is 17.4 Å². The van der Waals surface area contributed by atoms with Crippen molar-refractivity contribution in [3.05, 3.63) is 24.5 Å². The minimum absolute atomic E-state index is 0.289. The maximum absolute atomic E-state index is 5.69. The number of rotatable bonds is 5. The van der Waals surface area contributed by atoms with E-state index in [0.29, 0.717) is 0 Å². The van der Waals surface area contributed by atoms with Crippen LogP contribution in [0.25, 0.3) is 11.0 Å². The Bertz CT molecular complexity index is 447. The summed E-state index contributed by atoms with van der Waals surface area (Å²) < 4.78 is 0. The quantitative estimate of drug-likeness (QED) is 0.673. The van der Waals surface area contributed by atoms with Gasteiger partial charge in [-0.1, -0.05) is 0 Å². The summed E-state index contributed by atoms with van der Waals surface area (Å²) in [7, 11) is 0. The molecule has 4 N–H and O–H groups in total. The van der Waals surface area contributed by atoms with Gasteiger partial charge in [-0.3, -0.25) is 0 Å². The third kappa shape index (κ3) is 2.73. The highest BCUT2D eigenvalue weighted by atomic mass is 14.9. The van der Waals surface area contributed by atoms with Crippen molar-refractivity contribution in [3.63, 3.8) is 0 Å². The molecule has 0 radical (unpaired) electrons. The van der Waals surface area contributed by atoms with Crippen molar-refractivity contribution in [2.75, 3.05) is 11.9 Å². The standard InChI is InChI=1S/C12H18N4/c1-9(13)3-2-6-14-10-4-5-11-12(7-10)16-8-15-11/h4-5,7-9,14H,2-3,6,13H2,1H3,(H,15,16). The minimum Gasteiger partial charge on any atom is -0.385 e. The van der Waals surface area contributed by atoms with Crippen molar-refractivity contribution in [1.82, 2.24) is 9.97 Å². The molecule has 0 fully saturated rings. The molecule has 1 aromatic heterocycles. The third-order valence-electron chi connectivity index (χ3n) is 2.59. The van der Waals surface area contributed by atoms with Gasteiger partial charge in [0.25, 0.3) is 0 Å². The maximum Gasteiger partial charge on any atom is 0.0931 e. The molecule has 1 atom stereocenters. The van der Waals surface area contributed by atoms with Crippen LogP contribution in [0.5, 0.6) is 0 Å². The fourth-order valence-electron chi connectivity index (χ4n) is 1.70. The number of imidazole rings is 1. The van der Waals surface area contributed by atoms with Crippen LogP contribution in [-0.2, 0) is 0 Å². The van der Waals surface area contributed by atoms with Crippen molar-refractivity contribution < 1.29 is 0 Å². The van der Waals surface area contributed by atoms with Crippen molar-refractivity contribution >= 4 is 16.7 Å². The van der Waals surface area contributed by atoms with Crippen LogP contribution < -0.4 is 11.1 Å². The molecule has 0 amide bonds. The summed E-state index contributed by atoms with van der Waals surface area (Å²) in [5.41, 5.74) is 8.89. The van der Waals surface area contributed by atoms with Crippen molar-refractivity contribution in [2.45, 2.75) is 25.8 Å². The summed E-state index contributed by atoms with van der Waals surface area (Å²) in [5.74, 6) is 0. The van der Waals surface area contributed by atoms with E-state index in [9.17, 15) is 0 Å². The van der Waals surface area contributed by atoms with Gasteiger partial charge < -0.3 is 16.0 Å². The molecular weight excluding hydrogens is 200 g/mol. The van der Waals surface area contributed by atoms with Crippen LogP contribution in [-0.4, -0.2) is 22.6 Å². The van der Waals surface area contributed by atoms with E-state index in [0.717, 1.165) is 36.1 Å². The van der Waals surface area contributed by atoms with Crippen LogP contribution in [0.15, 0.2) is 24.5 Å². The van der Waals surface area contributed by atoms with Crippen LogP contribution in [0.4, 0.5) is 5.69 Å². The van der Waals surface area contributed by atoms with E-state index >= 15 is 0 Å². The van der Waals surface area contributed by atoms with E-state index < -0.39 is 0 Å². The van der Waals surface area contributed by atoms with E-state index in [1.54, 1.807) is 6.33 Å². The van der Waals surface area contributed by atoms with E-state index in [4.69, 9.17) is 5.73 Å². The Kier molecular flexibility index (Phi) is 3.41. The highest BCUT2D eigenvalue weighted by Crippen LogP contribution is 2.15. The summed E-state index contributed by atoms with van der Waals surface area (Å²) in [6.45, 7) is 3.00. The highest BCUT2D eigenvalue weighted by Gasteiger charge is 1.98. The molecule has 1 unspecified atom stereocenters. The van der Waals surface area contributed by atoms with Crippen molar-refractivity contribution in [2.24, 2.45) is 5.73 Å². The lowest BCUT2D eigenvalue weighted by Crippen LogP contribution is -2.16. The molecule has 0 saturated carbocycles. The second-order valence-corrected chi connectivity index (χ2v) is 4.18. The number of nitrogens with zero attached hydrogens (tertiary/aromatic N) is 1. The van der Waals surface area contributed by atoms with Crippen molar-refractivity contribution in [1.29, 1.82) is 0 Å². The fourth-order valence-corrected chi connectivity index (χ4v) is 1.70. The summed E-state index contributed by atoms with van der Waals surface area (Å²) in [6.07, 6.45) is 3.86. The Morgan fingerprint density at radius 1 is 1.50 bits per heavy atom. The molecule has 0 saturated heterocycles. The van der Waals surface area contributed by atoms with E-state index in [1.807, 2.05) is 13.0 Å². The van der Waals surface area contributed by atoms with Gasteiger partial charge in [-0.05, 0) is 38.0 Å². The van der Waals surface area contributed by atoms with Gasteiger partial charge >= 0.3 is 0 Å². The summed E-state index contributed by atoms with van der Waals surface area (Å²) in [4.78, 5) is 7.28. The number of nitrogens with two attached hydrogens (primary N) is 1. The monoisotopic (exact) mass is 218 g/mol. The van der Waals surface area contributed by atoms with Gasteiger partial charge in [-0.15, -0.1) is 0 Å². The Hall–Kier alpha value is -1.55. The second kappa shape index (κ2) is 4.99. The number of anilines is 1. The molecule has 86 valence electrons. The first-order chi connectivity index (χ1) is 7.75. The van der Waals surface area contributed by atoms with E-state index in [-0.39, 0.29) is 6.04 Å². The molecule has 0 aliphatic heterocycles. The zero-order valence-corrected chi connectivity index (χ0v) is 9.53. The van der Waals surface area contributed by atoms with Gasteiger partial charge in [0.15, 0.2) is 0 Å². The number of aromatic nitrogens is 2. The number of H-pyrrole nitrogens is 1. The van der Waals surface area contributed by atoms with Crippen molar-refractivity contribution in [3.8, 4) is 0 Å². The molecule has 0 bridgehead atoms. The van der Waals surface area contributed by atoms with Gasteiger partial charge in [0, 0.05) is 18.3 Å². The maximum atomic E-state index is 5.69. The molecule has 0 aliphatic rings. The van der Waals surface area contributed by atoms with Gasteiger partial charge in [-0.25, -0.2) is 4.98 Å². The molecule has 0 spiro atoms. The first kappa shape index (κ1) is 11.0. The SMILES string of the molecule is CC(N)CCCNc1ccc2nc[nH]c2c1. The summed E-state index contributed by atoms with van der Waals surface area (Å²) >= 11 is 0.